The van der Waals surface area contributed by atoms with Gasteiger partial charge in [-0.25, -0.2) is 0 Å². The lowest BCUT2D eigenvalue weighted by Gasteiger charge is -1.94. The zero-order valence-corrected chi connectivity index (χ0v) is 11.3. The number of benzene rings is 1. The van der Waals surface area contributed by atoms with Crippen LogP contribution in [0.2, 0.25) is 0 Å². The van der Waals surface area contributed by atoms with Crippen LogP contribution in [0.1, 0.15) is 45.2 Å². The predicted octanol–water partition coefficient (Wildman–Crippen LogP) is 4.02. The van der Waals surface area contributed by atoms with Gasteiger partial charge in [-0.2, -0.15) is 15.4 Å². The summed E-state index contributed by atoms with van der Waals surface area (Å²) in [7, 11) is 0. The molecule has 3 nitrogen and oxygen atoms in total. The molecule has 1 aromatic carbocycles. The fourth-order valence-electron chi connectivity index (χ4n) is 1.19. The molecule has 0 atom stereocenters. The van der Waals surface area contributed by atoms with Gasteiger partial charge in [0.25, 0.3) is 0 Å². The van der Waals surface area contributed by atoms with Crippen LogP contribution in [-0.4, -0.2) is 15.4 Å². The van der Waals surface area contributed by atoms with E-state index in [1.54, 1.807) is 0 Å². The monoisotopic (exact) mass is 221 g/mol. The summed E-state index contributed by atoms with van der Waals surface area (Å²) in [6, 6.07) is 4.11. The lowest BCUT2D eigenvalue weighted by molar-refractivity contribution is 0.957. The minimum atomic E-state index is 0.977. The van der Waals surface area contributed by atoms with Crippen LogP contribution < -0.4 is 0 Å². The van der Waals surface area contributed by atoms with Gasteiger partial charge < -0.3 is 0 Å². The third kappa shape index (κ3) is 3.65. The highest BCUT2D eigenvalue weighted by Gasteiger charge is 2.02. The van der Waals surface area contributed by atoms with Crippen molar-refractivity contribution in [2.45, 2.75) is 48.0 Å². The molecule has 0 spiro atoms. The highest BCUT2D eigenvalue weighted by atomic mass is 15.3. The molecule has 0 aliphatic carbocycles. The average Bonchev–Trinajstić information content (AvgIpc) is 2.78. The van der Waals surface area contributed by atoms with Crippen molar-refractivity contribution in [2.75, 3.05) is 0 Å². The molecule has 2 rings (SSSR count). The maximum absolute atomic E-state index is 4.04. The highest BCUT2D eigenvalue weighted by Crippen LogP contribution is 2.16. The van der Waals surface area contributed by atoms with E-state index in [1.807, 2.05) is 27.7 Å². The number of aromatic nitrogens is 3. The number of fused-ring (bicyclic) bond motifs is 1. The summed E-state index contributed by atoms with van der Waals surface area (Å²) in [5, 5.41) is 10.7. The summed E-state index contributed by atoms with van der Waals surface area (Å²) in [5.74, 6) is 0. The first-order valence-corrected chi connectivity index (χ1v) is 5.97. The van der Waals surface area contributed by atoms with Crippen molar-refractivity contribution in [3.05, 3.63) is 23.3 Å². The number of aryl methyl sites for hydroxylation is 2. The largest absolute Gasteiger partial charge is 0.197 e. The van der Waals surface area contributed by atoms with Gasteiger partial charge in [0, 0.05) is 0 Å². The van der Waals surface area contributed by atoms with Gasteiger partial charge in [-0.1, -0.05) is 46.2 Å². The molecule has 0 unspecified atom stereocenters. The predicted molar refractivity (Wildman–Crippen MR) is 70.7 cm³/mol. The standard InChI is InChI=1S/C8H9N3.C3H8.C2H6/c1-5-3-4-6(2)8-7(5)9-11-10-8;1-3-2;1-2/h3-4H,1-2H3,(H,9,10,11);3H2,1-2H3;1-2H3. The molecule has 3 heteroatoms. The molecule has 0 aliphatic rings. The van der Waals surface area contributed by atoms with Crippen molar-refractivity contribution in [3.63, 3.8) is 0 Å². The number of hydrogen-bond donors (Lipinski definition) is 1. The highest BCUT2D eigenvalue weighted by molar-refractivity contribution is 5.80. The van der Waals surface area contributed by atoms with E-state index in [2.05, 4.69) is 41.4 Å². The lowest BCUT2D eigenvalue weighted by atomic mass is 10.1. The van der Waals surface area contributed by atoms with Crippen molar-refractivity contribution < 1.29 is 0 Å². The van der Waals surface area contributed by atoms with E-state index in [1.165, 1.54) is 17.5 Å². The summed E-state index contributed by atoms with van der Waals surface area (Å²) < 4.78 is 0. The van der Waals surface area contributed by atoms with Gasteiger partial charge in [-0.05, 0) is 25.0 Å². The number of hydrogen-bond acceptors (Lipinski definition) is 2. The second-order valence-electron chi connectivity index (χ2n) is 3.43. The molecular weight excluding hydrogens is 198 g/mol. The van der Waals surface area contributed by atoms with Gasteiger partial charge in [0.1, 0.15) is 11.0 Å². The minimum absolute atomic E-state index is 0.977. The van der Waals surface area contributed by atoms with Crippen LogP contribution in [0.4, 0.5) is 0 Å². The normalized spacial score (nSPS) is 8.88. The van der Waals surface area contributed by atoms with Crippen LogP contribution in [-0.2, 0) is 0 Å². The van der Waals surface area contributed by atoms with Gasteiger partial charge in [0.15, 0.2) is 0 Å². The van der Waals surface area contributed by atoms with Gasteiger partial charge >= 0.3 is 0 Å². The Morgan fingerprint density at radius 1 is 0.938 bits per heavy atom. The van der Waals surface area contributed by atoms with Crippen molar-refractivity contribution in [3.8, 4) is 0 Å². The Hall–Kier alpha value is -1.38. The Morgan fingerprint density at radius 3 is 1.56 bits per heavy atom. The van der Waals surface area contributed by atoms with E-state index in [-0.39, 0.29) is 0 Å². The smallest absolute Gasteiger partial charge is 0.116 e. The molecule has 0 fully saturated rings. The topological polar surface area (TPSA) is 41.6 Å². The number of H-pyrrole nitrogens is 1. The molecule has 1 aromatic heterocycles. The number of nitrogens with zero attached hydrogens (tertiary/aromatic N) is 2. The van der Waals surface area contributed by atoms with Crippen LogP contribution in [0, 0.1) is 13.8 Å². The fraction of sp³-hybridized carbons (Fsp3) is 0.538. The van der Waals surface area contributed by atoms with E-state index < -0.39 is 0 Å². The molecule has 0 aliphatic heterocycles. The molecule has 0 bridgehead atoms. The third-order valence-electron chi connectivity index (χ3n) is 1.88. The van der Waals surface area contributed by atoms with Crippen molar-refractivity contribution in [1.29, 1.82) is 0 Å². The lowest BCUT2D eigenvalue weighted by Crippen LogP contribution is -1.79. The molecule has 16 heavy (non-hydrogen) atoms. The van der Waals surface area contributed by atoms with E-state index >= 15 is 0 Å². The van der Waals surface area contributed by atoms with Crippen molar-refractivity contribution >= 4 is 11.0 Å². The first-order valence-electron chi connectivity index (χ1n) is 5.97. The maximum atomic E-state index is 4.04. The second-order valence-corrected chi connectivity index (χ2v) is 3.43. The number of aromatic amines is 1. The molecule has 1 heterocycles. The molecule has 0 saturated heterocycles. The number of rotatable bonds is 0. The van der Waals surface area contributed by atoms with E-state index in [9.17, 15) is 0 Å². The Balaban J connectivity index is 0.000000394. The third-order valence-corrected chi connectivity index (χ3v) is 1.88. The summed E-state index contributed by atoms with van der Waals surface area (Å²) in [5.41, 5.74) is 4.29. The second kappa shape index (κ2) is 7.85. The molecule has 0 saturated carbocycles. The number of nitrogens with one attached hydrogen (secondary N) is 1. The summed E-state index contributed by atoms with van der Waals surface area (Å²) in [6.07, 6.45) is 1.25. The van der Waals surface area contributed by atoms with Crippen LogP contribution in [0.25, 0.3) is 11.0 Å². The summed E-state index contributed by atoms with van der Waals surface area (Å²) in [6.45, 7) is 12.3. The summed E-state index contributed by atoms with van der Waals surface area (Å²) >= 11 is 0. The SMILES string of the molecule is CC.CCC.Cc1ccc(C)c2n[nH]nc12. The molecule has 0 radical (unpaired) electrons. The van der Waals surface area contributed by atoms with Gasteiger partial charge in [-0.15, -0.1) is 0 Å². The Kier molecular flexibility index (Phi) is 7.18. The molecular formula is C13H23N3. The fourth-order valence-corrected chi connectivity index (χ4v) is 1.19. The van der Waals surface area contributed by atoms with Crippen LogP contribution in [0.15, 0.2) is 12.1 Å². The van der Waals surface area contributed by atoms with Gasteiger partial charge in [-0.3, -0.25) is 0 Å². The quantitative estimate of drug-likeness (QED) is 0.730. The van der Waals surface area contributed by atoms with Crippen LogP contribution in [0.5, 0.6) is 0 Å². The van der Waals surface area contributed by atoms with E-state index in [4.69, 9.17) is 0 Å². The Labute approximate surface area is 98.3 Å². The van der Waals surface area contributed by atoms with E-state index in [0.29, 0.717) is 0 Å². The first kappa shape index (κ1) is 14.6. The molecule has 2 aromatic rings. The van der Waals surface area contributed by atoms with Crippen LogP contribution >= 0.6 is 0 Å². The van der Waals surface area contributed by atoms with Crippen molar-refractivity contribution in [2.24, 2.45) is 0 Å². The van der Waals surface area contributed by atoms with E-state index in [0.717, 1.165) is 11.0 Å². The zero-order valence-electron chi connectivity index (χ0n) is 11.3. The minimum Gasteiger partial charge on any atom is -0.197 e. The molecule has 0 amide bonds. The molecule has 90 valence electrons. The van der Waals surface area contributed by atoms with Gasteiger partial charge in [0.05, 0.1) is 0 Å². The Bertz CT molecular complexity index is 368. The summed E-state index contributed by atoms with van der Waals surface area (Å²) in [4.78, 5) is 0. The first-order chi connectivity index (χ1) is 7.70. The van der Waals surface area contributed by atoms with Crippen molar-refractivity contribution in [1.82, 2.24) is 15.4 Å². The molecule has 1 N–H and O–H groups in total. The average molecular weight is 221 g/mol. The maximum Gasteiger partial charge on any atom is 0.116 e. The van der Waals surface area contributed by atoms with Crippen LogP contribution in [0.3, 0.4) is 0 Å². The van der Waals surface area contributed by atoms with Gasteiger partial charge in [0.2, 0.25) is 0 Å². The zero-order chi connectivity index (χ0) is 12.6. The Morgan fingerprint density at radius 2 is 1.25 bits per heavy atom.